The average molecular weight is 508 g/mol. The summed E-state index contributed by atoms with van der Waals surface area (Å²) in [6.07, 6.45) is 5.30. The number of imidazole rings is 1. The number of nitrogens with zero attached hydrogens (tertiary/aromatic N) is 6. The third kappa shape index (κ3) is 5.30. The van der Waals surface area contributed by atoms with Crippen LogP contribution in [0.5, 0.6) is 0 Å². The summed E-state index contributed by atoms with van der Waals surface area (Å²) in [7, 11) is 1.77. The van der Waals surface area contributed by atoms with Crippen molar-refractivity contribution in [1.82, 2.24) is 29.4 Å². The summed E-state index contributed by atoms with van der Waals surface area (Å²) >= 11 is 0. The zero-order valence-electron chi connectivity index (χ0n) is 21.5. The predicted octanol–water partition coefficient (Wildman–Crippen LogP) is 5.41. The Labute approximate surface area is 214 Å². The first kappa shape index (κ1) is 25.2. The van der Waals surface area contributed by atoms with E-state index >= 15 is 0 Å². The van der Waals surface area contributed by atoms with Gasteiger partial charge >= 0.3 is 0 Å². The summed E-state index contributed by atoms with van der Waals surface area (Å²) in [4.78, 5) is 19.6. The molecule has 0 unspecified atom stereocenters. The van der Waals surface area contributed by atoms with Crippen LogP contribution in [-0.2, 0) is 11.3 Å². The van der Waals surface area contributed by atoms with Gasteiger partial charge in [-0.3, -0.25) is 4.90 Å². The fourth-order valence-corrected chi connectivity index (χ4v) is 4.96. The molecule has 4 heterocycles. The van der Waals surface area contributed by atoms with Crippen LogP contribution in [0.2, 0.25) is 0 Å². The first-order chi connectivity index (χ1) is 17.8. The van der Waals surface area contributed by atoms with Gasteiger partial charge in [-0.1, -0.05) is 6.07 Å². The number of aryl methyl sites for hydroxylation is 1. The third-order valence-electron chi connectivity index (χ3n) is 6.80. The second-order valence-electron chi connectivity index (χ2n) is 9.73. The average Bonchev–Trinajstić information content (AvgIpc) is 3.23. The van der Waals surface area contributed by atoms with E-state index < -0.39 is 11.6 Å². The van der Waals surface area contributed by atoms with Crippen molar-refractivity contribution in [3.05, 3.63) is 59.7 Å². The zero-order valence-corrected chi connectivity index (χ0v) is 21.5. The highest BCUT2D eigenvalue weighted by Gasteiger charge is 2.20. The number of ether oxygens (including phenoxy) is 1. The Hall–Kier alpha value is -3.50. The Kier molecular flexibility index (Phi) is 7.12. The number of pyridine rings is 1. The van der Waals surface area contributed by atoms with Crippen molar-refractivity contribution in [2.45, 2.75) is 52.3 Å². The molecular formula is C27H31F2N7O. The number of benzene rings is 1. The standard InChI is InChI=1S/C27H31F2N7O/c1-16(2)36-17(3)32-26-21(28)11-19(12-23(26)36)25-22(29)14-31-27(34-25)33-24-6-5-18(13-30-24)15-35-9-7-20(37-4)8-10-35/h5-6,11-14,16,20H,7-10,15H2,1-4H3,(H,30,31,33,34). The maximum absolute atomic E-state index is 14.9. The summed E-state index contributed by atoms with van der Waals surface area (Å²) < 4.78 is 37.1. The summed E-state index contributed by atoms with van der Waals surface area (Å²) in [5, 5.41) is 3.03. The fraction of sp³-hybridized carbons (Fsp3) is 0.407. The third-order valence-corrected chi connectivity index (χ3v) is 6.80. The van der Waals surface area contributed by atoms with Crippen molar-refractivity contribution in [3.8, 4) is 11.3 Å². The highest BCUT2D eigenvalue weighted by atomic mass is 19.1. The van der Waals surface area contributed by atoms with Crippen LogP contribution in [-0.4, -0.2) is 55.7 Å². The molecule has 1 N–H and O–H groups in total. The Morgan fingerprint density at radius 3 is 2.51 bits per heavy atom. The summed E-state index contributed by atoms with van der Waals surface area (Å²) in [6, 6.07) is 6.89. The minimum Gasteiger partial charge on any atom is -0.381 e. The number of halogens is 2. The molecule has 37 heavy (non-hydrogen) atoms. The number of rotatable bonds is 7. The number of fused-ring (bicyclic) bond motifs is 1. The maximum Gasteiger partial charge on any atom is 0.229 e. The first-order valence-corrected chi connectivity index (χ1v) is 12.5. The predicted molar refractivity (Wildman–Crippen MR) is 139 cm³/mol. The molecule has 5 rings (SSSR count). The highest BCUT2D eigenvalue weighted by molar-refractivity contribution is 5.83. The summed E-state index contributed by atoms with van der Waals surface area (Å²) in [6.45, 7) is 8.62. The van der Waals surface area contributed by atoms with E-state index in [0.717, 1.165) is 44.2 Å². The molecule has 10 heteroatoms. The Morgan fingerprint density at radius 1 is 1.05 bits per heavy atom. The monoisotopic (exact) mass is 507 g/mol. The van der Waals surface area contributed by atoms with Gasteiger partial charge in [-0.25, -0.2) is 28.7 Å². The second kappa shape index (κ2) is 10.5. The van der Waals surface area contributed by atoms with Gasteiger partial charge in [0, 0.05) is 44.5 Å². The molecule has 0 atom stereocenters. The quantitative estimate of drug-likeness (QED) is 0.358. The van der Waals surface area contributed by atoms with Crippen LogP contribution in [0.1, 0.15) is 44.1 Å². The van der Waals surface area contributed by atoms with E-state index in [1.54, 1.807) is 13.2 Å². The molecule has 3 aromatic heterocycles. The number of anilines is 2. The van der Waals surface area contributed by atoms with E-state index in [2.05, 4.69) is 30.2 Å². The largest absolute Gasteiger partial charge is 0.381 e. The van der Waals surface area contributed by atoms with E-state index in [1.165, 1.54) is 6.07 Å². The van der Waals surface area contributed by atoms with Crippen LogP contribution in [0.3, 0.4) is 0 Å². The molecule has 1 aliphatic heterocycles. The van der Waals surface area contributed by atoms with E-state index in [0.29, 0.717) is 28.8 Å². The number of methoxy groups -OCH3 is 1. The van der Waals surface area contributed by atoms with Crippen LogP contribution >= 0.6 is 0 Å². The molecule has 1 saturated heterocycles. The number of hydrogen-bond donors (Lipinski definition) is 1. The molecule has 0 saturated carbocycles. The summed E-state index contributed by atoms with van der Waals surface area (Å²) in [5.41, 5.74) is 2.27. The molecule has 4 aromatic rings. The lowest BCUT2D eigenvalue weighted by molar-refractivity contribution is 0.0388. The number of aromatic nitrogens is 5. The zero-order chi connectivity index (χ0) is 26.1. The SMILES string of the molecule is COC1CCN(Cc2ccc(Nc3ncc(F)c(-c4cc(F)c5nc(C)n(C(C)C)c5c4)n3)nc2)CC1. The van der Waals surface area contributed by atoms with Gasteiger partial charge in [0.1, 0.15) is 22.9 Å². The van der Waals surface area contributed by atoms with Crippen LogP contribution in [0.4, 0.5) is 20.5 Å². The molecule has 1 fully saturated rings. The molecule has 0 radical (unpaired) electrons. The van der Waals surface area contributed by atoms with Crippen molar-refractivity contribution in [2.24, 2.45) is 0 Å². The number of likely N-dealkylation sites (tertiary alicyclic amines) is 1. The van der Waals surface area contributed by atoms with Crippen molar-refractivity contribution in [2.75, 3.05) is 25.5 Å². The molecule has 0 aliphatic carbocycles. The number of nitrogens with one attached hydrogen (secondary N) is 1. The highest BCUT2D eigenvalue weighted by Crippen LogP contribution is 2.30. The summed E-state index contributed by atoms with van der Waals surface area (Å²) in [5.74, 6) is 0.242. The number of hydrogen-bond acceptors (Lipinski definition) is 7. The molecule has 1 aromatic carbocycles. The van der Waals surface area contributed by atoms with Crippen LogP contribution in [0, 0.1) is 18.6 Å². The lowest BCUT2D eigenvalue weighted by Crippen LogP contribution is -2.36. The van der Waals surface area contributed by atoms with E-state index in [9.17, 15) is 8.78 Å². The lowest BCUT2D eigenvalue weighted by Gasteiger charge is -2.31. The Morgan fingerprint density at radius 2 is 1.84 bits per heavy atom. The van der Waals surface area contributed by atoms with Crippen molar-refractivity contribution in [3.63, 3.8) is 0 Å². The topological polar surface area (TPSA) is 81.0 Å². The van der Waals surface area contributed by atoms with Crippen LogP contribution < -0.4 is 5.32 Å². The van der Waals surface area contributed by atoms with Gasteiger partial charge in [0.25, 0.3) is 0 Å². The molecule has 194 valence electrons. The van der Waals surface area contributed by atoms with Crippen molar-refractivity contribution < 1.29 is 13.5 Å². The molecule has 0 spiro atoms. The number of piperidine rings is 1. The van der Waals surface area contributed by atoms with E-state index in [4.69, 9.17) is 4.74 Å². The van der Waals surface area contributed by atoms with Gasteiger partial charge in [-0.05, 0) is 57.4 Å². The first-order valence-electron chi connectivity index (χ1n) is 12.5. The van der Waals surface area contributed by atoms with E-state index in [-0.39, 0.29) is 23.2 Å². The normalized spacial score (nSPS) is 15.1. The maximum atomic E-state index is 14.9. The molecule has 8 nitrogen and oxygen atoms in total. The second-order valence-corrected chi connectivity index (χ2v) is 9.73. The van der Waals surface area contributed by atoms with Gasteiger partial charge in [-0.2, -0.15) is 0 Å². The van der Waals surface area contributed by atoms with Crippen LogP contribution in [0.25, 0.3) is 22.3 Å². The Bertz CT molecular complexity index is 1400. The fourth-order valence-electron chi connectivity index (χ4n) is 4.96. The van der Waals surface area contributed by atoms with Crippen molar-refractivity contribution >= 4 is 22.8 Å². The molecule has 0 bridgehead atoms. The lowest BCUT2D eigenvalue weighted by atomic mass is 10.1. The van der Waals surface area contributed by atoms with Gasteiger partial charge in [0.2, 0.25) is 5.95 Å². The minimum atomic E-state index is -0.641. The molecule has 1 aliphatic rings. The molecule has 0 amide bonds. The molecular weight excluding hydrogens is 476 g/mol. The van der Waals surface area contributed by atoms with Gasteiger partial charge in [0.15, 0.2) is 11.6 Å². The van der Waals surface area contributed by atoms with Gasteiger partial charge in [0.05, 0.1) is 17.8 Å². The smallest absolute Gasteiger partial charge is 0.229 e. The van der Waals surface area contributed by atoms with Crippen LogP contribution in [0.15, 0.2) is 36.7 Å². The van der Waals surface area contributed by atoms with Crippen molar-refractivity contribution in [1.29, 1.82) is 0 Å². The van der Waals surface area contributed by atoms with Gasteiger partial charge < -0.3 is 14.6 Å². The Balaban J connectivity index is 1.35. The van der Waals surface area contributed by atoms with Gasteiger partial charge in [-0.15, -0.1) is 0 Å². The minimum absolute atomic E-state index is 0.00328. The van der Waals surface area contributed by atoms with E-state index in [1.807, 2.05) is 43.7 Å².